The first-order chi connectivity index (χ1) is 16.1. The van der Waals surface area contributed by atoms with Crippen molar-refractivity contribution in [3.8, 4) is 11.8 Å². The van der Waals surface area contributed by atoms with Crippen LogP contribution in [0.25, 0.3) is 0 Å². The van der Waals surface area contributed by atoms with Crippen LogP contribution >= 0.6 is 0 Å². The van der Waals surface area contributed by atoms with Gasteiger partial charge >= 0.3 is 6.18 Å². The average Bonchev–Trinajstić information content (AvgIpc) is 2.82. The van der Waals surface area contributed by atoms with Crippen molar-refractivity contribution in [1.29, 1.82) is 5.26 Å². The van der Waals surface area contributed by atoms with Gasteiger partial charge in [-0.15, -0.1) is 0 Å². The number of nitrogens with zero attached hydrogens (tertiary/aromatic N) is 2. The summed E-state index contributed by atoms with van der Waals surface area (Å²) in [5.74, 6) is -0.657. The van der Waals surface area contributed by atoms with Crippen LogP contribution in [0.4, 0.5) is 24.5 Å². The lowest BCUT2D eigenvalue weighted by Gasteiger charge is -2.26. The van der Waals surface area contributed by atoms with Crippen LogP contribution in [0.15, 0.2) is 77.7 Å². The Morgan fingerprint density at radius 2 is 1.74 bits per heavy atom. The van der Waals surface area contributed by atoms with Crippen LogP contribution in [0.2, 0.25) is 0 Å². The number of ether oxygens (including phenoxy) is 1. The predicted octanol–water partition coefficient (Wildman–Crippen LogP) is 4.42. The molecule has 0 radical (unpaired) electrons. The Morgan fingerprint density at radius 3 is 2.35 bits per heavy atom. The number of amides is 1. The Labute approximate surface area is 194 Å². The maximum atomic E-state index is 13.4. The molecule has 176 valence electrons. The molecule has 0 fully saturated rings. The fourth-order valence-corrected chi connectivity index (χ4v) is 4.53. The Bertz CT molecular complexity index is 1330. The summed E-state index contributed by atoms with van der Waals surface area (Å²) in [5, 5.41) is 11.4. The summed E-state index contributed by atoms with van der Waals surface area (Å²) < 4.78 is 72.3. The first kappa shape index (κ1) is 24.6. The summed E-state index contributed by atoms with van der Waals surface area (Å²) in [4.78, 5) is 12.1. The number of carbonyl (C=O) groups is 1. The zero-order chi connectivity index (χ0) is 24.9. The molecule has 1 amide bonds. The third kappa shape index (κ3) is 5.47. The number of sulfonamides is 1. The molecule has 0 bridgehead atoms. The van der Waals surface area contributed by atoms with Crippen LogP contribution in [0, 0.1) is 11.3 Å². The number of rotatable bonds is 7. The molecule has 0 aliphatic rings. The molecule has 34 heavy (non-hydrogen) atoms. The molecule has 1 N–H and O–H groups in total. The summed E-state index contributed by atoms with van der Waals surface area (Å²) in [6.45, 7) is -0.751. The van der Waals surface area contributed by atoms with E-state index in [-0.39, 0.29) is 11.4 Å². The van der Waals surface area contributed by atoms with Gasteiger partial charge in [0.05, 0.1) is 34.9 Å². The van der Waals surface area contributed by atoms with E-state index >= 15 is 0 Å². The van der Waals surface area contributed by atoms with E-state index in [1.165, 1.54) is 49.6 Å². The summed E-state index contributed by atoms with van der Waals surface area (Å²) in [6, 6.07) is 17.0. The van der Waals surface area contributed by atoms with Crippen LogP contribution in [-0.4, -0.2) is 28.0 Å². The molecule has 0 aromatic heterocycles. The van der Waals surface area contributed by atoms with E-state index in [1.807, 2.05) is 6.07 Å². The largest absolute Gasteiger partial charge is 0.495 e. The van der Waals surface area contributed by atoms with Gasteiger partial charge in [-0.05, 0) is 54.6 Å². The second-order valence-corrected chi connectivity index (χ2v) is 8.81. The topological polar surface area (TPSA) is 99.5 Å². The first-order valence-corrected chi connectivity index (χ1v) is 11.1. The van der Waals surface area contributed by atoms with Crippen LogP contribution in [-0.2, 0) is 21.0 Å². The van der Waals surface area contributed by atoms with E-state index in [0.29, 0.717) is 21.6 Å². The summed E-state index contributed by atoms with van der Waals surface area (Å²) in [5.41, 5.74) is -0.505. The zero-order valence-electron chi connectivity index (χ0n) is 17.7. The lowest BCUT2D eigenvalue weighted by atomic mass is 10.2. The maximum Gasteiger partial charge on any atom is 0.416 e. The van der Waals surface area contributed by atoms with Gasteiger partial charge in [-0.3, -0.25) is 9.10 Å². The average molecular weight is 489 g/mol. The molecule has 3 aromatic rings. The number of halogens is 3. The monoisotopic (exact) mass is 489 g/mol. The molecule has 0 saturated heterocycles. The molecule has 3 rings (SSSR count). The van der Waals surface area contributed by atoms with Crippen molar-refractivity contribution in [1.82, 2.24) is 0 Å². The van der Waals surface area contributed by atoms with Crippen molar-refractivity contribution < 1.29 is 31.1 Å². The van der Waals surface area contributed by atoms with E-state index in [4.69, 9.17) is 10.00 Å². The van der Waals surface area contributed by atoms with Gasteiger partial charge in [-0.1, -0.05) is 18.2 Å². The summed E-state index contributed by atoms with van der Waals surface area (Å²) in [7, 11) is -3.32. The summed E-state index contributed by atoms with van der Waals surface area (Å²) >= 11 is 0. The number of nitriles is 1. The van der Waals surface area contributed by atoms with Crippen molar-refractivity contribution in [2.75, 3.05) is 23.3 Å². The van der Waals surface area contributed by atoms with E-state index in [1.54, 1.807) is 6.07 Å². The Balaban J connectivity index is 2.02. The molecule has 0 unspecified atom stereocenters. The number of alkyl halides is 3. The Morgan fingerprint density at radius 1 is 1.06 bits per heavy atom. The third-order valence-corrected chi connectivity index (χ3v) is 6.44. The van der Waals surface area contributed by atoms with E-state index in [9.17, 15) is 26.4 Å². The van der Waals surface area contributed by atoms with Gasteiger partial charge in [0.15, 0.2) is 0 Å². The van der Waals surface area contributed by atoms with Gasteiger partial charge < -0.3 is 10.1 Å². The molecule has 0 aliphatic carbocycles. The number of para-hydroxylation sites is 2. The minimum atomic E-state index is -4.76. The predicted molar refractivity (Wildman–Crippen MR) is 119 cm³/mol. The second-order valence-electron chi connectivity index (χ2n) is 6.95. The van der Waals surface area contributed by atoms with Crippen LogP contribution in [0.1, 0.15) is 11.1 Å². The number of carbonyl (C=O) groups excluding carboxylic acids is 1. The summed E-state index contributed by atoms with van der Waals surface area (Å²) in [6.07, 6.45) is -4.76. The normalized spacial score (nSPS) is 11.4. The number of hydrogen-bond acceptors (Lipinski definition) is 5. The van der Waals surface area contributed by atoms with Gasteiger partial charge in [0.1, 0.15) is 12.3 Å². The lowest BCUT2D eigenvalue weighted by Crippen LogP contribution is -2.38. The highest BCUT2D eigenvalue weighted by atomic mass is 32.2. The molecule has 0 spiro atoms. The number of methoxy groups -OCH3 is 1. The standard InChI is InChI=1S/C23H18F3N3O4S/c1-33-21-8-3-2-7-20(21)29(15-22(30)28-18-11-9-16(14-27)10-12-18)34(31,32)19-6-4-5-17(13-19)23(24,25)26/h2-13H,15H2,1H3,(H,28,30). The van der Waals surface area contributed by atoms with Crippen molar-refractivity contribution in [2.45, 2.75) is 11.1 Å². The minimum Gasteiger partial charge on any atom is -0.495 e. The van der Waals surface area contributed by atoms with E-state index in [2.05, 4.69) is 5.32 Å². The van der Waals surface area contributed by atoms with Gasteiger partial charge in [0, 0.05) is 5.69 Å². The highest BCUT2D eigenvalue weighted by Crippen LogP contribution is 2.35. The van der Waals surface area contributed by atoms with Gasteiger partial charge in [-0.25, -0.2) is 8.42 Å². The third-order valence-electron chi connectivity index (χ3n) is 4.69. The zero-order valence-corrected chi connectivity index (χ0v) is 18.5. The molecule has 0 aliphatic heterocycles. The quantitative estimate of drug-likeness (QED) is 0.530. The molecule has 7 nitrogen and oxygen atoms in total. The first-order valence-electron chi connectivity index (χ1n) is 9.69. The van der Waals surface area contributed by atoms with Crippen molar-refractivity contribution in [3.05, 3.63) is 83.9 Å². The SMILES string of the molecule is COc1ccccc1N(CC(=O)Nc1ccc(C#N)cc1)S(=O)(=O)c1cccc(C(F)(F)F)c1. The minimum absolute atomic E-state index is 0.0302. The molecule has 3 aromatic carbocycles. The molecule has 0 heterocycles. The van der Waals surface area contributed by atoms with Crippen LogP contribution in [0.5, 0.6) is 5.75 Å². The van der Waals surface area contributed by atoms with Crippen LogP contribution < -0.4 is 14.4 Å². The van der Waals surface area contributed by atoms with Gasteiger partial charge in [0.2, 0.25) is 5.91 Å². The van der Waals surface area contributed by atoms with Crippen molar-refractivity contribution in [3.63, 3.8) is 0 Å². The van der Waals surface area contributed by atoms with Crippen molar-refractivity contribution in [2.24, 2.45) is 0 Å². The molecular formula is C23H18F3N3O4S. The lowest BCUT2D eigenvalue weighted by molar-refractivity contribution is -0.137. The fraction of sp³-hybridized carbons (Fsp3) is 0.130. The number of benzene rings is 3. The second kappa shape index (κ2) is 9.84. The number of hydrogen-bond donors (Lipinski definition) is 1. The number of nitrogens with one attached hydrogen (secondary N) is 1. The number of anilines is 2. The van der Waals surface area contributed by atoms with Gasteiger partial charge in [-0.2, -0.15) is 18.4 Å². The highest BCUT2D eigenvalue weighted by molar-refractivity contribution is 7.92. The van der Waals surface area contributed by atoms with Crippen molar-refractivity contribution >= 4 is 27.3 Å². The fourth-order valence-electron chi connectivity index (χ4n) is 3.05. The smallest absolute Gasteiger partial charge is 0.416 e. The molecule has 0 atom stereocenters. The molecule has 0 saturated carbocycles. The maximum absolute atomic E-state index is 13.4. The van der Waals surface area contributed by atoms with E-state index in [0.717, 1.165) is 18.2 Å². The molecule has 11 heteroatoms. The van der Waals surface area contributed by atoms with Gasteiger partial charge in [0.25, 0.3) is 10.0 Å². The van der Waals surface area contributed by atoms with Crippen LogP contribution in [0.3, 0.4) is 0 Å². The Kier molecular flexibility index (Phi) is 7.12. The highest BCUT2D eigenvalue weighted by Gasteiger charge is 2.34. The Hall–Kier alpha value is -4.04. The van der Waals surface area contributed by atoms with E-state index < -0.39 is 39.1 Å². The molecular weight excluding hydrogens is 471 g/mol.